The smallest absolute Gasteiger partial charge is 0.348 e. The Morgan fingerprint density at radius 2 is 1.73 bits per heavy atom. The van der Waals surface area contributed by atoms with Crippen LogP contribution in [0.3, 0.4) is 0 Å². The number of aromatic nitrogens is 5. The lowest BCUT2D eigenvalue weighted by Gasteiger charge is -2.42. The Balaban J connectivity index is 0.782. The molecule has 0 spiro atoms. The molecular weight excluding hydrogens is 958 g/mol. The van der Waals surface area contributed by atoms with E-state index in [1.807, 2.05) is 55.1 Å². The van der Waals surface area contributed by atoms with Gasteiger partial charge in [-0.25, -0.2) is 14.5 Å². The fourth-order valence-electron chi connectivity index (χ4n) is 11.3. The summed E-state index contributed by atoms with van der Waals surface area (Å²) in [5.74, 6) is 0.846. The maximum Gasteiger partial charge on any atom is 0.348 e. The Kier molecular flexibility index (Phi) is 14.6. The number of nitrogens with one attached hydrogen (secondary N) is 1. The summed E-state index contributed by atoms with van der Waals surface area (Å²) in [6.07, 6.45) is 5.49. The van der Waals surface area contributed by atoms with Gasteiger partial charge in [-0.2, -0.15) is 20.3 Å². The third-order valence-electron chi connectivity index (χ3n) is 15.3. The number of aromatic hydroxyl groups is 2. The number of anilines is 2. The maximum atomic E-state index is 14.1. The molecule has 2 atom stereocenters. The number of rotatable bonds is 13. The average molecular weight is 1020 g/mol. The standard InChI is InChI=1S/C56H62ClN11O6/c1-4-50(71)67-27-26-65(32-41(67)17-21-58)52-42-20-25-64(47-12-6-10-38-9-5-11-45(57)51(38)47)33-46(42)59-55(60-52)74-34-37-8-7-22-66(31-37)54(72)39-18-23-63(24-19-39)30-36-13-15-40(16-14-36)68-53(61-62-56(68)73)44-28-43(35(2)3)48(69)29-49(44)70/h4-6,9-16,28-29,35,37,39,41,69-70H,1,7-8,17-20,22-27,30-34H2,2-3H3,(H,62,73). The highest BCUT2D eigenvalue weighted by Crippen LogP contribution is 2.39. The van der Waals surface area contributed by atoms with E-state index in [9.17, 15) is 29.9 Å². The van der Waals surface area contributed by atoms with Crippen LogP contribution in [0.1, 0.15) is 74.3 Å². The number of phenols is 2. The first-order valence-electron chi connectivity index (χ1n) is 25.7. The maximum absolute atomic E-state index is 14.1. The van der Waals surface area contributed by atoms with Crippen molar-refractivity contribution in [1.82, 2.24) is 39.4 Å². The van der Waals surface area contributed by atoms with Crippen LogP contribution in [0.2, 0.25) is 5.02 Å². The molecule has 0 saturated carbocycles. The topological polar surface area (TPSA) is 200 Å². The van der Waals surface area contributed by atoms with Crippen LogP contribution in [0.15, 0.2) is 90.2 Å². The number of benzene rings is 4. The van der Waals surface area contributed by atoms with E-state index in [4.69, 9.17) is 26.3 Å². The molecule has 3 fully saturated rings. The minimum Gasteiger partial charge on any atom is -0.508 e. The first kappa shape index (κ1) is 50.1. The van der Waals surface area contributed by atoms with Crippen molar-refractivity contribution < 1.29 is 24.5 Å². The number of aromatic amines is 1. The van der Waals surface area contributed by atoms with Gasteiger partial charge in [0.15, 0.2) is 5.82 Å². The van der Waals surface area contributed by atoms with Gasteiger partial charge < -0.3 is 34.5 Å². The van der Waals surface area contributed by atoms with Crippen LogP contribution in [-0.2, 0) is 29.1 Å². The quantitative estimate of drug-likeness (QED) is 0.0958. The first-order chi connectivity index (χ1) is 35.9. The van der Waals surface area contributed by atoms with Crippen LogP contribution in [0, 0.1) is 23.2 Å². The molecule has 4 aliphatic rings. The lowest BCUT2D eigenvalue weighted by atomic mass is 9.92. The number of ether oxygens (including phenoxy) is 1. The Hall–Kier alpha value is -7.42. The SMILES string of the molecule is C=CC(=O)N1CCN(c2nc(OCC3CCCN(C(=O)C4CCN(Cc5ccc(-n6c(-c7cc(C(C)C)c(O)cc7O)n[nH]c6=O)cc5)CC4)C3)nc3c2CCN(c2cccc4cccc(Cl)c24)C3)CC1CC#N. The molecule has 384 valence electrons. The second-order valence-corrected chi connectivity index (χ2v) is 20.7. The number of carbonyl (C=O) groups excluding carboxylic acids is 2. The molecule has 74 heavy (non-hydrogen) atoms. The van der Waals surface area contributed by atoms with Crippen molar-refractivity contribution in [2.75, 3.05) is 68.8 Å². The number of fused-ring (bicyclic) bond motifs is 2. The van der Waals surface area contributed by atoms with E-state index in [1.165, 1.54) is 16.7 Å². The summed E-state index contributed by atoms with van der Waals surface area (Å²) in [4.78, 5) is 60.7. The molecule has 17 nitrogen and oxygen atoms in total. The Morgan fingerprint density at radius 3 is 2.49 bits per heavy atom. The third kappa shape index (κ3) is 10.3. The molecule has 3 N–H and O–H groups in total. The van der Waals surface area contributed by atoms with E-state index in [-0.39, 0.29) is 65.4 Å². The molecule has 6 heterocycles. The second kappa shape index (κ2) is 21.6. The number of H-pyrrole nitrogens is 1. The highest BCUT2D eigenvalue weighted by molar-refractivity contribution is 6.36. The second-order valence-electron chi connectivity index (χ2n) is 20.3. The number of likely N-dealkylation sites (tertiary alicyclic amines) is 2. The monoisotopic (exact) mass is 1020 g/mol. The van der Waals surface area contributed by atoms with Crippen LogP contribution in [0.25, 0.3) is 27.8 Å². The number of phenolic OH excluding ortho intramolecular Hbond substituents is 2. The number of piperazine rings is 1. The van der Waals surface area contributed by atoms with Crippen molar-refractivity contribution in [1.29, 1.82) is 5.26 Å². The molecule has 2 amide bonds. The van der Waals surface area contributed by atoms with Crippen LogP contribution in [0.5, 0.6) is 17.5 Å². The van der Waals surface area contributed by atoms with Crippen LogP contribution in [-0.4, -0.2) is 126 Å². The summed E-state index contributed by atoms with van der Waals surface area (Å²) >= 11 is 6.81. The highest BCUT2D eigenvalue weighted by atomic mass is 35.5. The zero-order valence-corrected chi connectivity index (χ0v) is 42.7. The third-order valence-corrected chi connectivity index (χ3v) is 15.6. The number of amides is 2. The predicted molar refractivity (Wildman–Crippen MR) is 284 cm³/mol. The lowest BCUT2D eigenvalue weighted by Crippen LogP contribution is -2.55. The molecule has 18 heteroatoms. The van der Waals surface area contributed by atoms with Crippen molar-refractivity contribution in [2.45, 2.75) is 77.4 Å². The molecule has 2 aromatic heterocycles. The molecule has 6 aromatic rings. The molecule has 0 bridgehead atoms. The number of nitriles is 1. The van der Waals surface area contributed by atoms with Gasteiger partial charge in [-0.05, 0) is 104 Å². The van der Waals surface area contributed by atoms with Crippen LogP contribution in [0.4, 0.5) is 11.5 Å². The zero-order valence-electron chi connectivity index (χ0n) is 41.9. The lowest BCUT2D eigenvalue weighted by molar-refractivity contribution is -0.139. The molecule has 3 saturated heterocycles. The minimum atomic E-state index is -0.446. The van der Waals surface area contributed by atoms with E-state index >= 15 is 0 Å². The minimum absolute atomic E-state index is 0.0148. The Labute approximate surface area is 435 Å². The van der Waals surface area contributed by atoms with Crippen molar-refractivity contribution in [3.8, 4) is 40.7 Å². The molecule has 2 unspecified atom stereocenters. The molecule has 10 rings (SSSR count). The zero-order chi connectivity index (χ0) is 51.6. The van der Waals surface area contributed by atoms with Crippen LogP contribution >= 0.6 is 11.6 Å². The molecule has 4 aromatic carbocycles. The van der Waals surface area contributed by atoms with Crippen LogP contribution < -0.4 is 20.2 Å². The number of piperidine rings is 2. The highest BCUT2D eigenvalue weighted by Gasteiger charge is 2.35. The summed E-state index contributed by atoms with van der Waals surface area (Å²) in [6.45, 7) is 14.1. The normalized spacial score (nSPS) is 18.6. The summed E-state index contributed by atoms with van der Waals surface area (Å²) in [5.41, 5.74) is 5.11. The summed E-state index contributed by atoms with van der Waals surface area (Å²) < 4.78 is 7.96. The first-order valence-corrected chi connectivity index (χ1v) is 26.1. The number of carbonyl (C=O) groups is 2. The van der Waals surface area contributed by atoms with E-state index in [1.54, 1.807) is 11.0 Å². The average Bonchev–Trinajstić information content (AvgIpc) is 3.80. The molecule has 4 aliphatic heterocycles. The molecular formula is C56H62ClN11O6. The van der Waals surface area contributed by atoms with Gasteiger partial charge in [0, 0.05) is 80.4 Å². The van der Waals surface area contributed by atoms with E-state index < -0.39 is 5.69 Å². The van der Waals surface area contributed by atoms with Gasteiger partial charge in [0.1, 0.15) is 17.3 Å². The van der Waals surface area contributed by atoms with Gasteiger partial charge in [-0.15, -0.1) is 0 Å². The Bertz CT molecular complexity index is 3170. The fourth-order valence-corrected chi connectivity index (χ4v) is 11.6. The number of hydrogen-bond donors (Lipinski definition) is 3. The van der Waals surface area contributed by atoms with E-state index in [0.29, 0.717) is 80.7 Å². The van der Waals surface area contributed by atoms with Crippen molar-refractivity contribution in [3.05, 3.63) is 123 Å². The largest absolute Gasteiger partial charge is 0.508 e. The van der Waals surface area contributed by atoms with Gasteiger partial charge in [0.2, 0.25) is 11.8 Å². The Morgan fingerprint density at radius 1 is 0.946 bits per heavy atom. The van der Waals surface area contributed by atoms with E-state index in [0.717, 1.165) is 84.4 Å². The van der Waals surface area contributed by atoms with Crippen molar-refractivity contribution >= 4 is 45.7 Å². The van der Waals surface area contributed by atoms with Gasteiger partial charge in [0.05, 0.1) is 53.7 Å². The van der Waals surface area contributed by atoms with Gasteiger partial charge in [0.25, 0.3) is 0 Å². The van der Waals surface area contributed by atoms with Crippen molar-refractivity contribution in [3.63, 3.8) is 0 Å². The van der Waals surface area contributed by atoms with Gasteiger partial charge in [-0.3, -0.25) is 14.5 Å². The van der Waals surface area contributed by atoms with Crippen molar-refractivity contribution in [2.24, 2.45) is 11.8 Å². The molecule has 0 radical (unpaired) electrons. The predicted octanol–water partition coefficient (Wildman–Crippen LogP) is 7.57. The summed E-state index contributed by atoms with van der Waals surface area (Å²) in [7, 11) is 0. The number of nitrogens with zero attached hydrogens (tertiary/aromatic N) is 10. The fraction of sp³-hybridized carbons (Fsp3) is 0.411. The van der Waals surface area contributed by atoms with Gasteiger partial charge >= 0.3 is 11.7 Å². The number of hydrogen-bond acceptors (Lipinski definition) is 13. The number of halogens is 1. The summed E-state index contributed by atoms with van der Waals surface area (Å²) in [6, 6.07) is 25.0. The van der Waals surface area contributed by atoms with E-state index in [2.05, 4.69) is 61.8 Å². The summed E-state index contributed by atoms with van der Waals surface area (Å²) in [5, 5.41) is 40.4. The van der Waals surface area contributed by atoms with Gasteiger partial charge in [-0.1, -0.05) is 68.4 Å². The molecule has 0 aliphatic carbocycles.